The largest absolute Gasteiger partial charge is 0.279 e. The highest BCUT2D eigenvalue weighted by molar-refractivity contribution is 6.05. The van der Waals surface area contributed by atoms with Crippen molar-refractivity contribution in [2.75, 3.05) is 0 Å². The van der Waals surface area contributed by atoms with Crippen LogP contribution in [-0.2, 0) is 0 Å². The molecular weight excluding hydrogens is 154 g/mol. The number of aliphatic imine (C=N–C) groups is 1. The molecule has 2 rings (SSSR count). The van der Waals surface area contributed by atoms with Gasteiger partial charge in [-0.15, -0.1) is 10.2 Å². The van der Waals surface area contributed by atoms with Crippen molar-refractivity contribution in [3.05, 3.63) is 11.8 Å². The fourth-order valence-corrected chi connectivity index (χ4v) is 1.16. The number of nitrogens with one attached hydrogen (secondary N) is 1. The van der Waals surface area contributed by atoms with Gasteiger partial charge in [-0.25, -0.2) is 10.0 Å². The number of hydrogen-bond donors (Lipinski definition) is 1. The van der Waals surface area contributed by atoms with Gasteiger partial charge < -0.3 is 0 Å². The van der Waals surface area contributed by atoms with Crippen LogP contribution < -0.4 is 5.43 Å². The molecular formula is C7H9N5. The van der Waals surface area contributed by atoms with Gasteiger partial charge >= 0.3 is 0 Å². The lowest BCUT2D eigenvalue weighted by molar-refractivity contribution is 0.454. The summed E-state index contributed by atoms with van der Waals surface area (Å²) in [5.41, 5.74) is 4.94. The van der Waals surface area contributed by atoms with Crippen LogP contribution in [0, 0.1) is 0 Å². The van der Waals surface area contributed by atoms with Crippen molar-refractivity contribution in [3.63, 3.8) is 0 Å². The van der Waals surface area contributed by atoms with E-state index in [9.17, 15) is 0 Å². The molecule has 2 aliphatic rings. The summed E-state index contributed by atoms with van der Waals surface area (Å²) >= 11 is 0. The summed E-state index contributed by atoms with van der Waals surface area (Å²) < 4.78 is 0. The Balaban J connectivity index is 2.41. The van der Waals surface area contributed by atoms with Gasteiger partial charge in [0, 0.05) is 11.4 Å². The number of hydrogen-bond acceptors (Lipinski definition) is 5. The van der Waals surface area contributed by atoms with Crippen LogP contribution in [0.5, 0.6) is 0 Å². The van der Waals surface area contributed by atoms with Crippen LogP contribution in [0.25, 0.3) is 0 Å². The zero-order valence-electron chi connectivity index (χ0n) is 6.94. The third kappa shape index (κ3) is 0.990. The first-order chi connectivity index (χ1) is 5.77. The second-order valence-corrected chi connectivity index (χ2v) is 2.65. The number of nitrogens with zero attached hydrogens (tertiary/aromatic N) is 4. The molecule has 0 aromatic carbocycles. The summed E-state index contributed by atoms with van der Waals surface area (Å²) in [6.07, 6.45) is 3.50. The molecule has 62 valence electrons. The minimum Gasteiger partial charge on any atom is -0.279 e. The Morgan fingerprint density at radius 2 is 2.25 bits per heavy atom. The van der Waals surface area contributed by atoms with Crippen molar-refractivity contribution in [1.29, 1.82) is 0 Å². The van der Waals surface area contributed by atoms with Gasteiger partial charge in [0.05, 0.1) is 0 Å². The molecule has 0 saturated carbocycles. The molecule has 0 unspecified atom stereocenters. The van der Waals surface area contributed by atoms with Gasteiger partial charge in [0.25, 0.3) is 5.96 Å². The highest BCUT2D eigenvalue weighted by Crippen LogP contribution is 2.10. The third-order valence-corrected chi connectivity index (χ3v) is 1.64. The SMILES string of the molecule is CC1=CC(C)=NC2=NN=CNN12. The first-order valence-electron chi connectivity index (χ1n) is 3.67. The summed E-state index contributed by atoms with van der Waals surface area (Å²) in [6.45, 7) is 3.92. The van der Waals surface area contributed by atoms with Crippen molar-refractivity contribution in [2.24, 2.45) is 15.2 Å². The van der Waals surface area contributed by atoms with E-state index in [0.29, 0.717) is 5.96 Å². The zero-order valence-corrected chi connectivity index (χ0v) is 6.94. The summed E-state index contributed by atoms with van der Waals surface area (Å²) in [6, 6.07) is 0. The molecule has 5 nitrogen and oxygen atoms in total. The molecule has 0 atom stereocenters. The van der Waals surface area contributed by atoms with E-state index in [2.05, 4.69) is 20.6 Å². The summed E-state index contributed by atoms with van der Waals surface area (Å²) in [5, 5.41) is 9.36. The van der Waals surface area contributed by atoms with E-state index in [-0.39, 0.29) is 0 Å². The quantitative estimate of drug-likeness (QED) is 0.564. The van der Waals surface area contributed by atoms with Crippen LogP contribution in [0.2, 0.25) is 0 Å². The van der Waals surface area contributed by atoms with Crippen molar-refractivity contribution in [3.8, 4) is 0 Å². The molecule has 0 bridgehead atoms. The minimum atomic E-state index is 0.593. The predicted octanol–water partition coefficient (Wildman–Crippen LogP) is 0.484. The van der Waals surface area contributed by atoms with Crippen molar-refractivity contribution < 1.29 is 0 Å². The van der Waals surface area contributed by atoms with E-state index in [1.165, 1.54) is 6.34 Å². The number of fused-ring (bicyclic) bond motifs is 1. The van der Waals surface area contributed by atoms with Gasteiger partial charge in [0.2, 0.25) is 0 Å². The molecule has 5 heteroatoms. The summed E-state index contributed by atoms with van der Waals surface area (Å²) in [7, 11) is 0. The average Bonchev–Trinajstić information content (AvgIpc) is 2.04. The van der Waals surface area contributed by atoms with Crippen LogP contribution >= 0.6 is 0 Å². The van der Waals surface area contributed by atoms with Crippen LogP contribution in [0.3, 0.4) is 0 Å². The van der Waals surface area contributed by atoms with Crippen LogP contribution in [0.4, 0.5) is 0 Å². The highest BCUT2D eigenvalue weighted by atomic mass is 15.6. The van der Waals surface area contributed by atoms with Crippen molar-refractivity contribution in [1.82, 2.24) is 10.4 Å². The lowest BCUT2D eigenvalue weighted by atomic mass is 10.3. The Morgan fingerprint density at radius 3 is 3.08 bits per heavy atom. The Hall–Kier alpha value is -1.65. The standard InChI is InChI=1S/C7H9N5/c1-5-3-6(2)12-7(10-5)11-8-4-9-12/h3-4H,1-2H3,(H,8,9). The fraction of sp³-hybridized carbons (Fsp3) is 0.286. The number of allylic oxidation sites excluding steroid dienone is 2. The lowest BCUT2D eigenvalue weighted by Gasteiger charge is -2.27. The van der Waals surface area contributed by atoms with E-state index in [0.717, 1.165) is 11.4 Å². The molecule has 12 heavy (non-hydrogen) atoms. The Bertz CT molecular complexity index is 323. The topological polar surface area (TPSA) is 52.4 Å². The van der Waals surface area contributed by atoms with Gasteiger partial charge in [0.15, 0.2) is 0 Å². The lowest BCUT2D eigenvalue weighted by Crippen LogP contribution is -2.43. The molecule has 0 spiro atoms. The molecule has 0 aliphatic carbocycles. The summed E-state index contributed by atoms with van der Waals surface area (Å²) in [5.74, 6) is 0.593. The maximum absolute atomic E-state index is 4.19. The highest BCUT2D eigenvalue weighted by Gasteiger charge is 2.17. The van der Waals surface area contributed by atoms with E-state index in [4.69, 9.17) is 0 Å². The monoisotopic (exact) mass is 163 g/mol. The van der Waals surface area contributed by atoms with E-state index >= 15 is 0 Å². The number of guanidine groups is 1. The maximum atomic E-state index is 4.19. The smallest absolute Gasteiger partial charge is 0.268 e. The molecule has 0 radical (unpaired) electrons. The van der Waals surface area contributed by atoms with Crippen LogP contribution in [-0.4, -0.2) is 23.0 Å². The normalized spacial score (nSPS) is 20.5. The summed E-state index contributed by atoms with van der Waals surface area (Å²) in [4.78, 5) is 4.19. The van der Waals surface area contributed by atoms with Gasteiger partial charge in [0.1, 0.15) is 6.34 Å². The second kappa shape index (κ2) is 2.44. The molecule has 2 heterocycles. The molecule has 0 fully saturated rings. The number of hydrazine groups is 1. The number of rotatable bonds is 0. The fourth-order valence-electron chi connectivity index (χ4n) is 1.16. The molecule has 2 aliphatic heterocycles. The van der Waals surface area contributed by atoms with E-state index in [1.807, 2.05) is 19.9 Å². The van der Waals surface area contributed by atoms with E-state index < -0.39 is 0 Å². The van der Waals surface area contributed by atoms with Crippen molar-refractivity contribution in [2.45, 2.75) is 13.8 Å². The molecule has 0 aromatic heterocycles. The van der Waals surface area contributed by atoms with Crippen LogP contribution in [0.1, 0.15) is 13.8 Å². The predicted molar refractivity (Wildman–Crippen MR) is 47.8 cm³/mol. The second-order valence-electron chi connectivity index (χ2n) is 2.65. The molecule has 0 amide bonds. The Labute approximate surface area is 70.2 Å². The van der Waals surface area contributed by atoms with Crippen LogP contribution in [0.15, 0.2) is 27.0 Å². The van der Waals surface area contributed by atoms with Gasteiger partial charge in [-0.1, -0.05) is 0 Å². The maximum Gasteiger partial charge on any atom is 0.268 e. The molecule has 1 N–H and O–H groups in total. The zero-order chi connectivity index (χ0) is 8.55. The first-order valence-corrected chi connectivity index (χ1v) is 3.67. The Morgan fingerprint density at radius 1 is 1.42 bits per heavy atom. The van der Waals surface area contributed by atoms with Gasteiger partial charge in [-0.05, 0) is 19.9 Å². The molecule has 0 saturated heterocycles. The third-order valence-electron chi connectivity index (χ3n) is 1.64. The minimum absolute atomic E-state index is 0.593. The van der Waals surface area contributed by atoms with Crippen molar-refractivity contribution >= 4 is 18.0 Å². The average molecular weight is 163 g/mol. The van der Waals surface area contributed by atoms with Gasteiger partial charge in [-0.3, -0.25) is 5.43 Å². The van der Waals surface area contributed by atoms with E-state index in [1.54, 1.807) is 5.01 Å². The first kappa shape index (κ1) is 7.02. The molecule has 0 aromatic rings. The Kier molecular flexibility index (Phi) is 1.43. The van der Waals surface area contributed by atoms with Gasteiger partial charge in [-0.2, -0.15) is 0 Å².